The summed E-state index contributed by atoms with van der Waals surface area (Å²) in [6, 6.07) is 0.950. The molecule has 2 atom stereocenters. The Bertz CT molecular complexity index is 244. The molecule has 1 heterocycles. The van der Waals surface area contributed by atoms with Gasteiger partial charge in [-0.2, -0.15) is 12.6 Å². The highest BCUT2D eigenvalue weighted by Gasteiger charge is 2.42. The minimum atomic E-state index is 0.605. The van der Waals surface area contributed by atoms with Crippen LogP contribution < -0.4 is 0 Å². The van der Waals surface area contributed by atoms with Crippen molar-refractivity contribution in [3.63, 3.8) is 0 Å². The lowest BCUT2D eigenvalue weighted by Gasteiger charge is -2.48. The summed E-state index contributed by atoms with van der Waals surface area (Å²) < 4.78 is 0. The Morgan fingerprint density at radius 2 is 1.88 bits per heavy atom. The first-order valence-corrected chi connectivity index (χ1v) is 7.81. The molecule has 0 aromatic carbocycles. The van der Waals surface area contributed by atoms with E-state index in [0.29, 0.717) is 5.41 Å². The van der Waals surface area contributed by atoms with Crippen molar-refractivity contribution in [2.75, 3.05) is 18.8 Å². The van der Waals surface area contributed by atoms with Crippen LogP contribution in [-0.2, 0) is 0 Å². The molecule has 0 bridgehead atoms. The Morgan fingerprint density at radius 3 is 2.56 bits per heavy atom. The first kappa shape index (κ1) is 11.4. The van der Waals surface area contributed by atoms with Crippen LogP contribution in [0.5, 0.6) is 0 Å². The molecule has 92 valence electrons. The van der Waals surface area contributed by atoms with Gasteiger partial charge < -0.3 is 0 Å². The minimum Gasteiger partial charge on any atom is -0.300 e. The van der Waals surface area contributed by atoms with E-state index >= 15 is 0 Å². The summed E-state index contributed by atoms with van der Waals surface area (Å²) in [5, 5.41) is 0. The van der Waals surface area contributed by atoms with Gasteiger partial charge in [0, 0.05) is 12.6 Å². The second-order valence-electron chi connectivity index (χ2n) is 6.38. The van der Waals surface area contributed by atoms with Crippen molar-refractivity contribution in [2.45, 2.75) is 57.4 Å². The molecule has 0 spiro atoms. The summed E-state index contributed by atoms with van der Waals surface area (Å²) in [6.07, 6.45) is 11.7. The van der Waals surface area contributed by atoms with E-state index in [4.69, 9.17) is 0 Å². The van der Waals surface area contributed by atoms with Crippen molar-refractivity contribution >= 4 is 12.6 Å². The largest absolute Gasteiger partial charge is 0.300 e. The summed E-state index contributed by atoms with van der Waals surface area (Å²) in [4.78, 5) is 2.84. The van der Waals surface area contributed by atoms with E-state index in [2.05, 4.69) is 17.5 Å². The van der Waals surface area contributed by atoms with Gasteiger partial charge in [-0.1, -0.05) is 12.8 Å². The van der Waals surface area contributed by atoms with Gasteiger partial charge in [-0.15, -0.1) is 0 Å². The SMILES string of the molecule is SCC1(CN2CCCC3CCCC32)CCC1. The number of hydrogen-bond acceptors (Lipinski definition) is 2. The molecule has 0 N–H and O–H groups in total. The maximum atomic E-state index is 4.60. The molecule has 2 saturated carbocycles. The lowest BCUT2D eigenvalue weighted by Crippen LogP contribution is -2.50. The molecule has 3 fully saturated rings. The van der Waals surface area contributed by atoms with E-state index < -0.39 is 0 Å². The van der Waals surface area contributed by atoms with Crippen LogP contribution in [0.2, 0.25) is 0 Å². The molecular formula is C14H25NS. The van der Waals surface area contributed by atoms with Crippen molar-refractivity contribution < 1.29 is 0 Å². The average molecular weight is 239 g/mol. The Labute approximate surface area is 105 Å². The number of likely N-dealkylation sites (tertiary alicyclic amines) is 1. The van der Waals surface area contributed by atoms with Gasteiger partial charge in [-0.05, 0) is 62.2 Å². The van der Waals surface area contributed by atoms with Gasteiger partial charge >= 0.3 is 0 Å². The molecule has 3 rings (SSSR count). The molecule has 3 aliphatic rings. The predicted octanol–water partition coefficient (Wildman–Crippen LogP) is 3.35. The summed E-state index contributed by atoms with van der Waals surface area (Å²) in [7, 11) is 0. The second kappa shape index (κ2) is 4.53. The predicted molar refractivity (Wildman–Crippen MR) is 72.1 cm³/mol. The zero-order valence-electron chi connectivity index (χ0n) is 10.3. The lowest BCUT2D eigenvalue weighted by molar-refractivity contribution is 0.0312. The minimum absolute atomic E-state index is 0.605. The van der Waals surface area contributed by atoms with Gasteiger partial charge in [-0.3, -0.25) is 4.90 Å². The molecule has 1 nitrogen and oxygen atoms in total. The van der Waals surface area contributed by atoms with Gasteiger partial charge in [0.15, 0.2) is 0 Å². The maximum absolute atomic E-state index is 4.60. The topological polar surface area (TPSA) is 3.24 Å². The van der Waals surface area contributed by atoms with E-state index in [-0.39, 0.29) is 0 Å². The van der Waals surface area contributed by atoms with Gasteiger partial charge in [-0.25, -0.2) is 0 Å². The van der Waals surface area contributed by atoms with E-state index in [9.17, 15) is 0 Å². The number of piperidine rings is 1. The molecule has 2 heteroatoms. The van der Waals surface area contributed by atoms with Gasteiger partial charge in [0.25, 0.3) is 0 Å². The third-order valence-corrected chi connectivity index (χ3v) is 6.07. The van der Waals surface area contributed by atoms with E-state index in [1.54, 1.807) is 0 Å². The van der Waals surface area contributed by atoms with Crippen molar-refractivity contribution in [3.8, 4) is 0 Å². The van der Waals surface area contributed by atoms with E-state index in [1.165, 1.54) is 64.5 Å². The number of thiol groups is 1. The summed E-state index contributed by atoms with van der Waals surface area (Å²) in [5.74, 6) is 2.16. The third-order valence-electron chi connectivity index (χ3n) is 5.40. The molecule has 0 radical (unpaired) electrons. The molecule has 0 aromatic rings. The highest BCUT2D eigenvalue weighted by atomic mass is 32.1. The van der Waals surface area contributed by atoms with Gasteiger partial charge in [0.2, 0.25) is 0 Å². The van der Waals surface area contributed by atoms with Crippen LogP contribution in [0.25, 0.3) is 0 Å². The normalized spacial score (nSPS) is 38.1. The second-order valence-corrected chi connectivity index (χ2v) is 6.70. The molecule has 0 amide bonds. The molecule has 1 aliphatic heterocycles. The fraction of sp³-hybridized carbons (Fsp3) is 1.00. The van der Waals surface area contributed by atoms with Crippen LogP contribution in [0.4, 0.5) is 0 Å². The molecule has 16 heavy (non-hydrogen) atoms. The molecular weight excluding hydrogens is 214 g/mol. The molecule has 2 unspecified atom stereocenters. The Hall–Kier alpha value is 0.310. The highest BCUT2D eigenvalue weighted by molar-refractivity contribution is 7.80. The smallest absolute Gasteiger partial charge is 0.0124 e. The van der Waals surface area contributed by atoms with E-state index in [0.717, 1.165) is 17.7 Å². The fourth-order valence-electron chi connectivity index (χ4n) is 4.23. The number of nitrogens with zero attached hydrogens (tertiary/aromatic N) is 1. The van der Waals surface area contributed by atoms with Gasteiger partial charge in [0.05, 0.1) is 0 Å². The molecule has 0 aromatic heterocycles. The number of rotatable bonds is 3. The standard InChI is InChI=1S/C14H25NS/c16-11-14(7-3-8-14)10-15-9-2-5-12-4-1-6-13(12)15/h12-13,16H,1-11H2. The summed E-state index contributed by atoms with van der Waals surface area (Å²) in [5.41, 5.74) is 0.605. The zero-order chi connectivity index (χ0) is 11.0. The van der Waals surface area contributed by atoms with E-state index in [1.807, 2.05) is 0 Å². The zero-order valence-corrected chi connectivity index (χ0v) is 11.2. The Kier molecular flexibility index (Phi) is 3.23. The Morgan fingerprint density at radius 1 is 1.06 bits per heavy atom. The summed E-state index contributed by atoms with van der Waals surface area (Å²) in [6.45, 7) is 2.73. The van der Waals surface area contributed by atoms with Crippen molar-refractivity contribution in [2.24, 2.45) is 11.3 Å². The van der Waals surface area contributed by atoms with Crippen LogP contribution in [0.3, 0.4) is 0 Å². The first-order chi connectivity index (χ1) is 7.83. The van der Waals surface area contributed by atoms with Crippen molar-refractivity contribution in [1.82, 2.24) is 4.90 Å². The summed E-state index contributed by atoms with van der Waals surface area (Å²) >= 11 is 4.60. The quantitative estimate of drug-likeness (QED) is 0.739. The molecule has 2 aliphatic carbocycles. The number of fused-ring (bicyclic) bond motifs is 1. The molecule has 1 saturated heterocycles. The third kappa shape index (κ3) is 1.92. The van der Waals surface area contributed by atoms with Crippen molar-refractivity contribution in [3.05, 3.63) is 0 Å². The van der Waals surface area contributed by atoms with Crippen molar-refractivity contribution in [1.29, 1.82) is 0 Å². The van der Waals surface area contributed by atoms with Gasteiger partial charge in [0.1, 0.15) is 0 Å². The van der Waals surface area contributed by atoms with Crippen LogP contribution in [0, 0.1) is 11.3 Å². The monoisotopic (exact) mass is 239 g/mol. The van der Waals surface area contributed by atoms with Crippen LogP contribution in [-0.4, -0.2) is 29.8 Å². The van der Waals surface area contributed by atoms with Crippen LogP contribution in [0.1, 0.15) is 51.4 Å². The average Bonchev–Trinajstić information content (AvgIpc) is 2.72. The highest BCUT2D eigenvalue weighted by Crippen LogP contribution is 2.45. The first-order valence-electron chi connectivity index (χ1n) is 7.18. The fourth-order valence-corrected chi connectivity index (χ4v) is 4.64. The lowest BCUT2D eigenvalue weighted by atomic mass is 9.69. The Balaban J connectivity index is 1.64. The van der Waals surface area contributed by atoms with Crippen LogP contribution in [0.15, 0.2) is 0 Å². The maximum Gasteiger partial charge on any atom is 0.0124 e. The van der Waals surface area contributed by atoms with Crippen LogP contribution >= 0.6 is 12.6 Å². The number of hydrogen-bond donors (Lipinski definition) is 1.